The Balaban J connectivity index is 1.73. The first-order chi connectivity index (χ1) is 20.9. The number of aryl methyl sites for hydroxylation is 1. The van der Waals surface area contributed by atoms with E-state index in [1.165, 1.54) is 153 Å². The van der Waals surface area contributed by atoms with Crippen LogP contribution in [0.3, 0.4) is 0 Å². The quantitative estimate of drug-likeness (QED) is 0.0748. The maximum Gasteiger partial charge on any atom is 0.119 e. The van der Waals surface area contributed by atoms with Crippen LogP contribution in [0.25, 0.3) is 0 Å². The van der Waals surface area contributed by atoms with E-state index in [0.29, 0.717) is 39.6 Å². The van der Waals surface area contributed by atoms with Gasteiger partial charge in [-0.2, -0.15) is 0 Å². The second-order valence-electron chi connectivity index (χ2n) is 12.2. The highest BCUT2D eigenvalue weighted by molar-refractivity contribution is 5.27. The average molecular weight is 591 g/mol. The molecule has 1 aromatic carbocycles. The highest BCUT2D eigenvalue weighted by Gasteiger charge is 1.99. The van der Waals surface area contributed by atoms with Crippen LogP contribution in [0.5, 0.6) is 5.75 Å². The molecular formula is C38H70O4. The molecule has 0 N–H and O–H groups in total. The number of hydrogen-bond acceptors (Lipinski definition) is 4. The molecule has 0 saturated carbocycles. The van der Waals surface area contributed by atoms with Gasteiger partial charge in [0.15, 0.2) is 0 Å². The summed E-state index contributed by atoms with van der Waals surface area (Å²) >= 11 is 0. The van der Waals surface area contributed by atoms with Gasteiger partial charge in [0.2, 0.25) is 0 Å². The molecule has 4 heteroatoms. The Kier molecular flexibility index (Phi) is 30.4. The molecule has 0 saturated heterocycles. The van der Waals surface area contributed by atoms with Crippen LogP contribution in [0, 0.1) is 0 Å². The van der Waals surface area contributed by atoms with Crippen molar-refractivity contribution in [2.75, 3.05) is 46.2 Å². The zero-order chi connectivity index (χ0) is 30.0. The van der Waals surface area contributed by atoms with Crippen molar-refractivity contribution >= 4 is 0 Å². The van der Waals surface area contributed by atoms with E-state index in [0.717, 1.165) is 12.4 Å². The molecule has 0 bridgehead atoms. The third kappa shape index (κ3) is 27.7. The van der Waals surface area contributed by atoms with Gasteiger partial charge in [-0.1, -0.05) is 154 Å². The van der Waals surface area contributed by atoms with E-state index in [-0.39, 0.29) is 0 Å². The van der Waals surface area contributed by atoms with Gasteiger partial charge in [-0.05, 0) is 37.0 Å². The number of unbranched alkanes of at least 4 members (excludes halogenated alkanes) is 20. The number of ether oxygens (including phenoxy) is 4. The zero-order valence-corrected chi connectivity index (χ0v) is 28.2. The fourth-order valence-corrected chi connectivity index (χ4v) is 5.37. The molecule has 0 spiro atoms. The summed E-state index contributed by atoms with van der Waals surface area (Å²) in [5.41, 5.74) is 1.40. The molecule has 246 valence electrons. The Bertz CT molecular complexity index is 632. The van der Waals surface area contributed by atoms with E-state index in [9.17, 15) is 0 Å². The number of rotatable bonds is 34. The van der Waals surface area contributed by atoms with Crippen LogP contribution in [-0.2, 0) is 20.6 Å². The van der Waals surface area contributed by atoms with Gasteiger partial charge >= 0.3 is 0 Å². The van der Waals surface area contributed by atoms with E-state index in [4.69, 9.17) is 18.9 Å². The molecule has 1 rings (SSSR count). The largest absolute Gasteiger partial charge is 0.491 e. The third-order valence-corrected chi connectivity index (χ3v) is 8.13. The van der Waals surface area contributed by atoms with Gasteiger partial charge in [0.1, 0.15) is 12.4 Å². The zero-order valence-electron chi connectivity index (χ0n) is 28.2. The summed E-state index contributed by atoms with van der Waals surface area (Å²) in [6.07, 6.45) is 31.6. The van der Waals surface area contributed by atoms with E-state index < -0.39 is 0 Å². The lowest BCUT2D eigenvalue weighted by Gasteiger charge is -2.09. The van der Waals surface area contributed by atoms with E-state index in [1.807, 2.05) is 0 Å². The molecule has 0 radical (unpaired) electrons. The van der Waals surface area contributed by atoms with Gasteiger partial charge in [0, 0.05) is 6.61 Å². The van der Waals surface area contributed by atoms with Crippen molar-refractivity contribution in [2.45, 2.75) is 162 Å². The predicted molar refractivity (Wildman–Crippen MR) is 181 cm³/mol. The van der Waals surface area contributed by atoms with Gasteiger partial charge < -0.3 is 18.9 Å². The van der Waals surface area contributed by atoms with Crippen LogP contribution in [0.15, 0.2) is 24.3 Å². The predicted octanol–water partition coefficient (Wildman–Crippen LogP) is 11.3. The van der Waals surface area contributed by atoms with Crippen molar-refractivity contribution in [1.82, 2.24) is 0 Å². The van der Waals surface area contributed by atoms with Crippen molar-refractivity contribution in [3.05, 3.63) is 29.8 Å². The van der Waals surface area contributed by atoms with Gasteiger partial charge in [0.05, 0.1) is 33.0 Å². The first-order valence-corrected chi connectivity index (χ1v) is 18.3. The van der Waals surface area contributed by atoms with Crippen LogP contribution in [0.1, 0.15) is 161 Å². The molecule has 1 aromatic rings. The molecule has 0 atom stereocenters. The maximum absolute atomic E-state index is 5.80. The van der Waals surface area contributed by atoms with Crippen LogP contribution < -0.4 is 4.74 Å². The summed E-state index contributed by atoms with van der Waals surface area (Å²) in [5.74, 6) is 0.919. The second-order valence-corrected chi connectivity index (χ2v) is 12.2. The van der Waals surface area contributed by atoms with Crippen molar-refractivity contribution in [2.24, 2.45) is 0 Å². The molecule has 0 aromatic heterocycles. The molecule has 0 aliphatic rings. The minimum absolute atomic E-state index is 0.569. The molecule has 0 aliphatic heterocycles. The van der Waals surface area contributed by atoms with Crippen molar-refractivity contribution in [3.8, 4) is 5.75 Å². The highest BCUT2D eigenvalue weighted by Crippen LogP contribution is 2.16. The average Bonchev–Trinajstić information content (AvgIpc) is 3.01. The molecule has 0 amide bonds. The second kappa shape index (κ2) is 32.8. The van der Waals surface area contributed by atoms with Crippen LogP contribution in [-0.4, -0.2) is 46.2 Å². The first kappa shape index (κ1) is 38.9. The summed E-state index contributed by atoms with van der Waals surface area (Å²) in [4.78, 5) is 0. The summed E-state index contributed by atoms with van der Waals surface area (Å²) in [7, 11) is 0. The molecular weight excluding hydrogens is 520 g/mol. The van der Waals surface area contributed by atoms with Gasteiger partial charge in [-0.15, -0.1) is 0 Å². The van der Waals surface area contributed by atoms with Crippen LogP contribution >= 0.6 is 0 Å². The van der Waals surface area contributed by atoms with Crippen molar-refractivity contribution in [3.63, 3.8) is 0 Å². The summed E-state index contributed by atoms with van der Waals surface area (Å²) in [6, 6.07) is 8.54. The topological polar surface area (TPSA) is 36.9 Å². The fraction of sp³-hybridized carbons (Fsp3) is 0.842. The van der Waals surface area contributed by atoms with Crippen molar-refractivity contribution in [1.29, 1.82) is 0 Å². The lowest BCUT2D eigenvalue weighted by Crippen LogP contribution is -2.13. The standard InChI is InChI=1S/C38H70O4/c1-3-5-7-9-11-12-13-14-15-16-17-18-19-20-22-24-30-39-31-32-40-33-34-41-35-36-42-38-28-26-37(27-29-38)25-23-21-10-8-6-4-2/h26-29H,3-25,30-36H2,1-2H3. The summed E-state index contributed by atoms with van der Waals surface area (Å²) < 4.78 is 22.7. The molecule has 0 unspecified atom stereocenters. The monoisotopic (exact) mass is 591 g/mol. The summed E-state index contributed by atoms with van der Waals surface area (Å²) in [6.45, 7) is 9.09. The van der Waals surface area contributed by atoms with Crippen LogP contribution in [0.4, 0.5) is 0 Å². The van der Waals surface area contributed by atoms with Crippen LogP contribution in [0.2, 0.25) is 0 Å². The minimum atomic E-state index is 0.569. The Hall–Kier alpha value is -1.10. The maximum atomic E-state index is 5.80. The molecule has 0 aliphatic carbocycles. The number of benzene rings is 1. The Labute approximate surface area is 262 Å². The Morgan fingerprint density at radius 3 is 1.17 bits per heavy atom. The fourth-order valence-electron chi connectivity index (χ4n) is 5.37. The van der Waals surface area contributed by atoms with Gasteiger partial charge in [-0.25, -0.2) is 0 Å². The van der Waals surface area contributed by atoms with Gasteiger partial charge in [-0.3, -0.25) is 0 Å². The number of hydrogen-bond donors (Lipinski definition) is 0. The summed E-state index contributed by atoms with van der Waals surface area (Å²) in [5, 5.41) is 0. The molecule has 4 nitrogen and oxygen atoms in total. The lowest BCUT2D eigenvalue weighted by molar-refractivity contribution is 0.00878. The molecule has 42 heavy (non-hydrogen) atoms. The molecule has 0 heterocycles. The van der Waals surface area contributed by atoms with Gasteiger partial charge in [0.25, 0.3) is 0 Å². The third-order valence-electron chi connectivity index (χ3n) is 8.13. The smallest absolute Gasteiger partial charge is 0.119 e. The van der Waals surface area contributed by atoms with E-state index in [1.54, 1.807) is 0 Å². The lowest BCUT2D eigenvalue weighted by atomic mass is 10.0. The minimum Gasteiger partial charge on any atom is -0.491 e. The van der Waals surface area contributed by atoms with E-state index >= 15 is 0 Å². The normalized spacial score (nSPS) is 11.4. The molecule has 0 fully saturated rings. The van der Waals surface area contributed by atoms with Crippen molar-refractivity contribution < 1.29 is 18.9 Å². The SMILES string of the molecule is CCCCCCCCCCCCCCCCCCOCCOCCOCCOc1ccc(CCCCCCCC)cc1. The highest BCUT2D eigenvalue weighted by atomic mass is 16.6. The first-order valence-electron chi connectivity index (χ1n) is 18.3. The van der Waals surface area contributed by atoms with E-state index in [2.05, 4.69) is 38.1 Å². The Morgan fingerprint density at radius 1 is 0.357 bits per heavy atom. The Morgan fingerprint density at radius 2 is 0.714 bits per heavy atom.